The van der Waals surface area contributed by atoms with Crippen LogP contribution in [0.15, 0.2) is 29.6 Å². The fourth-order valence-electron chi connectivity index (χ4n) is 3.33. The largest absolute Gasteiger partial charge is 0.465 e. The number of aryl methyl sites for hydroxylation is 1. The normalized spacial score (nSPS) is 15.4. The predicted molar refractivity (Wildman–Crippen MR) is 113 cm³/mol. The fraction of sp³-hybridized carbons (Fsp3) is 0.429. The minimum absolute atomic E-state index is 0.104. The molecule has 0 saturated carbocycles. The molecule has 2 heterocycles. The number of hydrogen-bond acceptors (Lipinski definition) is 6. The number of likely N-dealkylation sites (N-methyl/N-ethyl adjacent to an activating group) is 1. The maximum Gasteiger partial charge on any atom is 0.341 e. The summed E-state index contributed by atoms with van der Waals surface area (Å²) in [5.41, 5.74) is 3.28. The maximum atomic E-state index is 12.6. The number of rotatable bonds is 6. The van der Waals surface area contributed by atoms with E-state index in [1.165, 1.54) is 18.4 Å². The van der Waals surface area contributed by atoms with E-state index in [1.54, 1.807) is 0 Å². The molecule has 2 aromatic rings. The Morgan fingerprint density at radius 2 is 1.75 bits per heavy atom. The molecule has 0 unspecified atom stereocenters. The summed E-state index contributed by atoms with van der Waals surface area (Å²) in [7, 11) is 1.36. The van der Waals surface area contributed by atoms with Crippen molar-refractivity contribution in [2.45, 2.75) is 13.8 Å². The summed E-state index contributed by atoms with van der Waals surface area (Å²) in [4.78, 5) is 29.5. The van der Waals surface area contributed by atoms with Crippen molar-refractivity contribution in [3.05, 3.63) is 40.8 Å². The summed E-state index contributed by atoms with van der Waals surface area (Å²) in [6.45, 7) is 9.26. The molecular formula is C21H27N3O3S. The SMILES string of the molecule is CCN1CCN(CC(=O)Nc2scc(-c3ccc(C)cc3)c2C(=O)OC)CC1. The minimum atomic E-state index is -0.441. The molecule has 1 aliphatic rings. The van der Waals surface area contributed by atoms with Gasteiger partial charge in [-0.05, 0) is 19.0 Å². The first-order valence-corrected chi connectivity index (χ1v) is 10.4. The van der Waals surface area contributed by atoms with Crippen LogP contribution in [0.5, 0.6) is 0 Å². The topological polar surface area (TPSA) is 61.9 Å². The lowest BCUT2D eigenvalue weighted by Crippen LogP contribution is -2.48. The van der Waals surface area contributed by atoms with Gasteiger partial charge in [0.05, 0.1) is 13.7 Å². The van der Waals surface area contributed by atoms with Crippen molar-refractivity contribution in [2.24, 2.45) is 0 Å². The van der Waals surface area contributed by atoms with Crippen molar-refractivity contribution in [2.75, 3.05) is 51.7 Å². The van der Waals surface area contributed by atoms with Crippen molar-refractivity contribution < 1.29 is 14.3 Å². The fourth-order valence-corrected chi connectivity index (χ4v) is 4.31. The third kappa shape index (κ3) is 4.79. The zero-order chi connectivity index (χ0) is 20.1. The highest BCUT2D eigenvalue weighted by atomic mass is 32.1. The number of thiophene rings is 1. The van der Waals surface area contributed by atoms with E-state index >= 15 is 0 Å². The van der Waals surface area contributed by atoms with Crippen molar-refractivity contribution in [1.82, 2.24) is 9.80 Å². The third-order valence-electron chi connectivity index (χ3n) is 5.08. The molecule has 3 rings (SSSR count). The Kier molecular flexibility index (Phi) is 6.83. The number of esters is 1. The number of methoxy groups -OCH3 is 1. The molecule has 150 valence electrons. The Bertz CT molecular complexity index is 824. The van der Waals surface area contributed by atoms with Crippen molar-refractivity contribution in [3.8, 4) is 11.1 Å². The zero-order valence-corrected chi connectivity index (χ0v) is 17.5. The Balaban J connectivity index is 1.73. The van der Waals surface area contributed by atoms with E-state index < -0.39 is 5.97 Å². The van der Waals surface area contributed by atoms with Gasteiger partial charge in [-0.1, -0.05) is 36.8 Å². The first-order valence-electron chi connectivity index (χ1n) is 9.53. The molecule has 0 radical (unpaired) electrons. The van der Waals surface area contributed by atoms with Crippen molar-refractivity contribution in [1.29, 1.82) is 0 Å². The first-order chi connectivity index (χ1) is 13.5. The lowest BCUT2D eigenvalue weighted by molar-refractivity contribution is -0.117. The highest BCUT2D eigenvalue weighted by Crippen LogP contribution is 2.36. The number of benzene rings is 1. The summed E-state index contributed by atoms with van der Waals surface area (Å²) in [6, 6.07) is 7.95. The molecule has 1 N–H and O–H groups in total. The van der Waals surface area contributed by atoms with Gasteiger partial charge in [0.25, 0.3) is 0 Å². The van der Waals surface area contributed by atoms with Gasteiger partial charge in [0, 0.05) is 37.1 Å². The second kappa shape index (κ2) is 9.32. The number of piperazine rings is 1. The quantitative estimate of drug-likeness (QED) is 0.754. The second-order valence-electron chi connectivity index (χ2n) is 6.97. The molecule has 28 heavy (non-hydrogen) atoms. The summed E-state index contributed by atoms with van der Waals surface area (Å²) >= 11 is 1.35. The molecule has 0 aliphatic carbocycles. The van der Waals surface area contributed by atoms with Gasteiger partial charge in [-0.2, -0.15) is 0 Å². The van der Waals surface area contributed by atoms with Crippen LogP contribution in [0.3, 0.4) is 0 Å². The molecule has 1 aliphatic heterocycles. The number of hydrogen-bond donors (Lipinski definition) is 1. The van der Waals surface area contributed by atoms with Gasteiger partial charge in [-0.15, -0.1) is 11.3 Å². The summed E-state index contributed by atoms with van der Waals surface area (Å²) in [5.74, 6) is -0.545. The summed E-state index contributed by atoms with van der Waals surface area (Å²) < 4.78 is 4.98. The monoisotopic (exact) mass is 401 g/mol. The highest BCUT2D eigenvalue weighted by molar-refractivity contribution is 7.15. The average molecular weight is 402 g/mol. The molecule has 1 amide bonds. The number of carbonyl (C=O) groups excluding carboxylic acids is 2. The van der Waals surface area contributed by atoms with Gasteiger partial charge >= 0.3 is 5.97 Å². The van der Waals surface area contributed by atoms with Crippen LogP contribution in [0, 0.1) is 6.92 Å². The zero-order valence-electron chi connectivity index (χ0n) is 16.7. The van der Waals surface area contributed by atoms with Gasteiger partial charge < -0.3 is 15.0 Å². The van der Waals surface area contributed by atoms with Gasteiger partial charge in [-0.3, -0.25) is 9.69 Å². The Morgan fingerprint density at radius 1 is 1.11 bits per heavy atom. The van der Waals surface area contributed by atoms with E-state index in [4.69, 9.17) is 4.74 Å². The molecular weight excluding hydrogens is 374 g/mol. The van der Waals surface area contributed by atoms with Crippen LogP contribution in [0.1, 0.15) is 22.8 Å². The van der Waals surface area contributed by atoms with Gasteiger partial charge in [0.15, 0.2) is 0 Å². The van der Waals surface area contributed by atoms with Crippen LogP contribution in [0.4, 0.5) is 5.00 Å². The number of nitrogens with zero attached hydrogens (tertiary/aromatic N) is 2. The number of ether oxygens (including phenoxy) is 1. The van der Waals surface area contributed by atoms with Gasteiger partial charge in [0.2, 0.25) is 5.91 Å². The van der Waals surface area contributed by atoms with E-state index in [2.05, 4.69) is 22.0 Å². The molecule has 0 bridgehead atoms. The van der Waals surface area contributed by atoms with Crippen molar-refractivity contribution >= 4 is 28.2 Å². The number of anilines is 1. The molecule has 6 nitrogen and oxygen atoms in total. The Morgan fingerprint density at radius 3 is 2.36 bits per heavy atom. The van der Waals surface area contributed by atoms with Gasteiger partial charge in [0.1, 0.15) is 10.6 Å². The molecule has 1 aromatic carbocycles. The van der Waals surface area contributed by atoms with Crippen LogP contribution in [-0.4, -0.2) is 68.1 Å². The Hall–Kier alpha value is -2.22. The van der Waals surface area contributed by atoms with E-state index in [0.717, 1.165) is 49.4 Å². The molecule has 0 spiro atoms. The van der Waals surface area contributed by atoms with Crippen LogP contribution in [0.2, 0.25) is 0 Å². The lowest BCUT2D eigenvalue weighted by Gasteiger charge is -2.33. The van der Waals surface area contributed by atoms with Crippen LogP contribution >= 0.6 is 11.3 Å². The predicted octanol–water partition coefficient (Wildman–Crippen LogP) is 3.09. The first kappa shape index (κ1) is 20.5. The number of nitrogens with one attached hydrogen (secondary N) is 1. The molecule has 7 heteroatoms. The standard InChI is InChI=1S/C21H27N3O3S/c1-4-23-9-11-24(12-10-23)13-18(25)22-20-19(21(26)27-3)17(14-28-20)16-7-5-15(2)6-8-16/h5-8,14H,4,9-13H2,1-3H3,(H,22,25). The van der Waals surface area contributed by atoms with Gasteiger partial charge in [-0.25, -0.2) is 4.79 Å². The van der Waals surface area contributed by atoms with E-state index in [9.17, 15) is 9.59 Å². The number of carbonyl (C=O) groups is 2. The maximum absolute atomic E-state index is 12.6. The molecule has 0 atom stereocenters. The van der Waals surface area contributed by atoms with E-state index in [-0.39, 0.29) is 5.91 Å². The Labute approximate surface area is 170 Å². The molecule has 1 saturated heterocycles. The molecule has 1 fully saturated rings. The third-order valence-corrected chi connectivity index (χ3v) is 5.97. The molecule has 1 aromatic heterocycles. The number of amides is 1. The second-order valence-corrected chi connectivity index (χ2v) is 7.85. The average Bonchev–Trinajstić information content (AvgIpc) is 3.11. The highest BCUT2D eigenvalue weighted by Gasteiger charge is 2.23. The van der Waals surface area contributed by atoms with Crippen LogP contribution in [-0.2, 0) is 9.53 Å². The minimum Gasteiger partial charge on any atom is -0.465 e. The van der Waals surface area contributed by atoms with Crippen molar-refractivity contribution in [3.63, 3.8) is 0 Å². The van der Waals surface area contributed by atoms with Crippen LogP contribution < -0.4 is 5.32 Å². The smallest absolute Gasteiger partial charge is 0.341 e. The van der Waals surface area contributed by atoms with Crippen LogP contribution in [0.25, 0.3) is 11.1 Å². The van der Waals surface area contributed by atoms with E-state index in [1.807, 2.05) is 36.6 Å². The summed E-state index contributed by atoms with van der Waals surface area (Å²) in [5, 5.41) is 5.36. The van der Waals surface area contributed by atoms with E-state index in [0.29, 0.717) is 17.1 Å². The summed E-state index contributed by atoms with van der Waals surface area (Å²) in [6.07, 6.45) is 0. The lowest BCUT2D eigenvalue weighted by atomic mass is 10.0.